The zero-order chi connectivity index (χ0) is 10.4. The van der Waals surface area contributed by atoms with E-state index in [1.807, 2.05) is 0 Å². The van der Waals surface area contributed by atoms with Crippen molar-refractivity contribution < 1.29 is 9.53 Å². The molecule has 0 saturated carbocycles. The lowest BCUT2D eigenvalue weighted by molar-refractivity contribution is -0.141. The number of esters is 1. The van der Waals surface area contributed by atoms with E-state index in [4.69, 9.17) is 0 Å². The van der Waals surface area contributed by atoms with Crippen LogP contribution in [0.4, 0.5) is 0 Å². The van der Waals surface area contributed by atoms with Crippen molar-refractivity contribution in [1.29, 1.82) is 0 Å². The van der Waals surface area contributed by atoms with Crippen LogP contribution in [0, 0.1) is 0 Å². The SMILES string of the molecule is C=CCSc1nnnn1CC(=O)OC. The third-order valence-corrected chi connectivity index (χ3v) is 2.29. The van der Waals surface area contributed by atoms with Crippen molar-refractivity contribution in [1.82, 2.24) is 20.2 Å². The number of carbonyl (C=O) groups is 1. The van der Waals surface area contributed by atoms with E-state index >= 15 is 0 Å². The Labute approximate surface area is 85.3 Å². The standard InChI is InChI=1S/C7H10N4O2S/c1-3-4-14-7-8-9-10-11(7)5-6(12)13-2/h3H,1,4-5H2,2H3. The summed E-state index contributed by atoms with van der Waals surface area (Å²) in [6, 6.07) is 0. The number of hydrogen-bond acceptors (Lipinski definition) is 6. The Balaban J connectivity index is 2.62. The second kappa shape index (κ2) is 5.38. The summed E-state index contributed by atoms with van der Waals surface area (Å²) in [7, 11) is 1.32. The van der Waals surface area contributed by atoms with Gasteiger partial charge in [0.25, 0.3) is 0 Å². The van der Waals surface area contributed by atoms with Crippen LogP contribution in [0.25, 0.3) is 0 Å². The molecule has 76 valence electrons. The lowest BCUT2D eigenvalue weighted by Crippen LogP contribution is -2.13. The number of hydrogen-bond donors (Lipinski definition) is 0. The molecule has 0 unspecified atom stereocenters. The number of nitrogens with zero attached hydrogens (tertiary/aromatic N) is 4. The summed E-state index contributed by atoms with van der Waals surface area (Å²) in [6.07, 6.45) is 1.74. The van der Waals surface area contributed by atoms with Crippen molar-refractivity contribution >= 4 is 17.7 Å². The normalized spacial score (nSPS) is 9.79. The maximum atomic E-state index is 10.9. The van der Waals surface area contributed by atoms with Crippen LogP contribution >= 0.6 is 11.8 Å². The molecule has 0 spiro atoms. The molecule has 6 nitrogen and oxygen atoms in total. The van der Waals surface area contributed by atoms with E-state index < -0.39 is 0 Å². The van der Waals surface area contributed by atoms with Gasteiger partial charge in [-0.2, -0.15) is 0 Å². The van der Waals surface area contributed by atoms with Crippen molar-refractivity contribution in [2.24, 2.45) is 0 Å². The molecule has 0 amide bonds. The smallest absolute Gasteiger partial charge is 0.327 e. The summed E-state index contributed by atoms with van der Waals surface area (Å²) in [5.41, 5.74) is 0. The molecular formula is C7H10N4O2S. The van der Waals surface area contributed by atoms with Gasteiger partial charge in [-0.25, -0.2) is 4.68 Å². The Bertz CT molecular complexity index is 325. The van der Waals surface area contributed by atoms with Gasteiger partial charge >= 0.3 is 5.97 Å². The van der Waals surface area contributed by atoms with Crippen molar-refractivity contribution in [2.75, 3.05) is 12.9 Å². The fourth-order valence-electron chi connectivity index (χ4n) is 0.719. The van der Waals surface area contributed by atoms with Crippen LogP contribution in [0.15, 0.2) is 17.8 Å². The first-order valence-electron chi connectivity index (χ1n) is 3.84. The molecule has 1 aromatic rings. The quantitative estimate of drug-likeness (QED) is 0.394. The molecule has 14 heavy (non-hydrogen) atoms. The zero-order valence-electron chi connectivity index (χ0n) is 7.71. The highest BCUT2D eigenvalue weighted by atomic mass is 32.2. The van der Waals surface area contributed by atoms with Gasteiger partial charge in [-0.3, -0.25) is 4.79 Å². The Morgan fingerprint density at radius 2 is 2.57 bits per heavy atom. The van der Waals surface area contributed by atoms with Gasteiger partial charge in [0.1, 0.15) is 6.54 Å². The van der Waals surface area contributed by atoms with Crippen LogP contribution in [-0.4, -0.2) is 39.0 Å². The highest BCUT2D eigenvalue weighted by Crippen LogP contribution is 2.12. The van der Waals surface area contributed by atoms with Gasteiger partial charge in [0.05, 0.1) is 7.11 Å². The Morgan fingerprint density at radius 3 is 3.21 bits per heavy atom. The predicted molar refractivity (Wildman–Crippen MR) is 50.8 cm³/mol. The van der Waals surface area contributed by atoms with E-state index in [0.29, 0.717) is 10.9 Å². The molecule has 0 bridgehead atoms. The molecule has 1 aromatic heterocycles. The summed E-state index contributed by atoms with van der Waals surface area (Å²) in [5, 5.41) is 11.4. The second-order valence-corrected chi connectivity index (χ2v) is 3.28. The molecule has 0 radical (unpaired) electrons. The van der Waals surface area contributed by atoms with Gasteiger partial charge < -0.3 is 4.74 Å². The lowest BCUT2D eigenvalue weighted by atomic mass is 10.7. The molecule has 1 heterocycles. The molecule has 0 aliphatic carbocycles. The summed E-state index contributed by atoms with van der Waals surface area (Å²) in [5.74, 6) is 0.319. The van der Waals surface area contributed by atoms with Crippen molar-refractivity contribution in [3.05, 3.63) is 12.7 Å². The molecule has 0 aromatic carbocycles. The lowest BCUT2D eigenvalue weighted by Gasteiger charge is -2.00. The topological polar surface area (TPSA) is 69.9 Å². The number of ether oxygens (including phenoxy) is 1. The summed E-state index contributed by atoms with van der Waals surface area (Å²) < 4.78 is 5.89. The first kappa shape index (κ1) is 10.7. The van der Waals surface area contributed by atoms with E-state index in [-0.39, 0.29) is 12.5 Å². The summed E-state index contributed by atoms with van der Waals surface area (Å²) >= 11 is 1.41. The Hall–Kier alpha value is -1.37. The fraction of sp³-hybridized carbons (Fsp3) is 0.429. The van der Waals surface area contributed by atoms with Gasteiger partial charge in [-0.15, -0.1) is 11.7 Å². The average molecular weight is 214 g/mol. The highest BCUT2D eigenvalue weighted by molar-refractivity contribution is 7.99. The minimum absolute atomic E-state index is 0.0307. The Kier molecular flexibility index (Phi) is 4.11. The third-order valence-electron chi connectivity index (χ3n) is 1.34. The van der Waals surface area contributed by atoms with E-state index in [9.17, 15) is 4.79 Å². The van der Waals surface area contributed by atoms with Gasteiger partial charge in [-0.1, -0.05) is 17.8 Å². The molecule has 0 aliphatic rings. The first-order chi connectivity index (χ1) is 6.77. The molecular weight excluding hydrogens is 204 g/mol. The van der Waals surface area contributed by atoms with Crippen LogP contribution in [-0.2, 0) is 16.1 Å². The number of tetrazole rings is 1. The van der Waals surface area contributed by atoms with Gasteiger partial charge in [0.15, 0.2) is 0 Å². The van der Waals surface area contributed by atoms with E-state index in [2.05, 4.69) is 26.8 Å². The van der Waals surface area contributed by atoms with Crippen LogP contribution in [0.3, 0.4) is 0 Å². The first-order valence-corrected chi connectivity index (χ1v) is 4.83. The molecule has 0 N–H and O–H groups in total. The van der Waals surface area contributed by atoms with E-state index in [1.54, 1.807) is 6.08 Å². The fourth-order valence-corrected chi connectivity index (χ4v) is 1.33. The number of methoxy groups -OCH3 is 1. The van der Waals surface area contributed by atoms with E-state index in [0.717, 1.165) is 0 Å². The summed E-state index contributed by atoms with van der Waals surface area (Å²) in [6.45, 7) is 3.61. The van der Waals surface area contributed by atoms with Crippen LogP contribution in [0.5, 0.6) is 0 Å². The predicted octanol–water partition coefficient (Wildman–Crippen LogP) is 0.124. The number of carbonyl (C=O) groups excluding carboxylic acids is 1. The Morgan fingerprint density at radius 1 is 1.79 bits per heavy atom. The molecule has 0 atom stereocenters. The number of aromatic nitrogens is 4. The van der Waals surface area contributed by atoms with Crippen LogP contribution in [0.1, 0.15) is 0 Å². The second-order valence-electron chi connectivity index (χ2n) is 2.29. The molecule has 0 aliphatic heterocycles. The van der Waals surface area contributed by atoms with Crippen LogP contribution < -0.4 is 0 Å². The monoisotopic (exact) mass is 214 g/mol. The van der Waals surface area contributed by atoms with Gasteiger partial charge in [0, 0.05) is 5.75 Å². The zero-order valence-corrected chi connectivity index (χ0v) is 8.53. The highest BCUT2D eigenvalue weighted by Gasteiger charge is 2.09. The number of thioether (sulfide) groups is 1. The number of rotatable bonds is 5. The average Bonchev–Trinajstić information content (AvgIpc) is 2.62. The molecule has 0 saturated heterocycles. The maximum absolute atomic E-state index is 10.9. The van der Waals surface area contributed by atoms with Gasteiger partial charge in [0.2, 0.25) is 5.16 Å². The van der Waals surface area contributed by atoms with Crippen molar-refractivity contribution in [2.45, 2.75) is 11.7 Å². The molecule has 0 fully saturated rings. The van der Waals surface area contributed by atoms with Crippen molar-refractivity contribution in [3.8, 4) is 0 Å². The largest absolute Gasteiger partial charge is 0.468 e. The molecule has 7 heteroatoms. The van der Waals surface area contributed by atoms with Crippen LogP contribution in [0.2, 0.25) is 0 Å². The van der Waals surface area contributed by atoms with E-state index in [1.165, 1.54) is 23.6 Å². The van der Waals surface area contributed by atoms with Crippen molar-refractivity contribution in [3.63, 3.8) is 0 Å². The minimum Gasteiger partial charge on any atom is -0.468 e. The third kappa shape index (κ3) is 2.84. The maximum Gasteiger partial charge on any atom is 0.327 e. The van der Waals surface area contributed by atoms with Gasteiger partial charge in [-0.05, 0) is 10.4 Å². The molecule has 1 rings (SSSR count). The summed E-state index contributed by atoms with van der Waals surface area (Å²) in [4.78, 5) is 10.9. The minimum atomic E-state index is -0.377.